The molecule has 122 valence electrons. The van der Waals surface area contributed by atoms with Gasteiger partial charge in [0.2, 0.25) is 0 Å². The number of hydrogen-bond donors (Lipinski definition) is 0. The molecule has 1 aliphatic rings. The zero-order valence-electron chi connectivity index (χ0n) is 14.1. The molecule has 0 fully saturated rings. The molecule has 0 radical (unpaired) electrons. The first kappa shape index (κ1) is 14.3. The molecule has 0 saturated heterocycles. The van der Waals surface area contributed by atoms with Crippen LogP contribution in [0.4, 0.5) is 0 Å². The number of aryl methyl sites for hydroxylation is 2. The van der Waals surface area contributed by atoms with Gasteiger partial charge in [-0.1, -0.05) is 42.5 Å². The molecule has 2 heterocycles. The molecule has 3 aromatic carbocycles. The van der Waals surface area contributed by atoms with Crippen molar-refractivity contribution in [1.29, 1.82) is 0 Å². The van der Waals surface area contributed by atoms with Crippen molar-refractivity contribution in [2.75, 3.05) is 7.11 Å². The first-order valence-electron chi connectivity index (χ1n) is 8.56. The Morgan fingerprint density at radius 1 is 0.920 bits per heavy atom. The molecule has 0 unspecified atom stereocenters. The maximum absolute atomic E-state index is 5.31. The summed E-state index contributed by atoms with van der Waals surface area (Å²) in [7, 11) is 1.70. The van der Waals surface area contributed by atoms with E-state index in [0.717, 1.165) is 30.0 Å². The number of ether oxygens (including phenoxy) is 1. The van der Waals surface area contributed by atoms with Crippen molar-refractivity contribution in [3.05, 3.63) is 72.3 Å². The predicted octanol–water partition coefficient (Wildman–Crippen LogP) is 4.94. The molecule has 1 aliphatic heterocycles. The van der Waals surface area contributed by atoms with Gasteiger partial charge in [0.1, 0.15) is 5.75 Å². The summed E-state index contributed by atoms with van der Waals surface area (Å²) in [4.78, 5) is 0. The van der Waals surface area contributed by atoms with Gasteiger partial charge in [0.05, 0.1) is 18.5 Å². The summed E-state index contributed by atoms with van der Waals surface area (Å²) in [5.41, 5.74) is 6.11. The van der Waals surface area contributed by atoms with Crippen LogP contribution in [0.25, 0.3) is 33.3 Å². The molecule has 0 aliphatic carbocycles. The van der Waals surface area contributed by atoms with Gasteiger partial charge in [-0.05, 0) is 47.0 Å². The lowest BCUT2D eigenvalue weighted by molar-refractivity contribution is 0.415. The number of aromatic nitrogens is 2. The summed E-state index contributed by atoms with van der Waals surface area (Å²) >= 11 is 0. The normalized spacial score (nSPS) is 12.7. The summed E-state index contributed by atoms with van der Waals surface area (Å²) in [5.74, 6) is 0.884. The highest BCUT2D eigenvalue weighted by Gasteiger charge is 2.18. The molecule has 0 spiro atoms. The van der Waals surface area contributed by atoms with E-state index in [-0.39, 0.29) is 0 Å². The zero-order valence-corrected chi connectivity index (χ0v) is 14.1. The van der Waals surface area contributed by atoms with Crippen LogP contribution >= 0.6 is 0 Å². The van der Waals surface area contributed by atoms with Crippen molar-refractivity contribution in [3.8, 4) is 28.3 Å². The van der Waals surface area contributed by atoms with E-state index in [1.165, 1.54) is 27.6 Å². The van der Waals surface area contributed by atoms with Gasteiger partial charge in [-0.15, -0.1) is 0 Å². The van der Waals surface area contributed by atoms with Crippen LogP contribution in [0.5, 0.6) is 5.75 Å². The second-order valence-electron chi connectivity index (χ2n) is 6.47. The first-order chi connectivity index (χ1) is 12.3. The summed E-state index contributed by atoms with van der Waals surface area (Å²) < 4.78 is 7.44. The Bertz CT molecular complexity index is 1090. The second-order valence-corrected chi connectivity index (χ2v) is 6.47. The van der Waals surface area contributed by atoms with E-state index >= 15 is 0 Å². The third kappa shape index (κ3) is 2.31. The van der Waals surface area contributed by atoms with Crippen molar-refractivity contribution in [2.24, 2.45) is 0 Å². The Balaban J connectivity index is 1.61. The Morgan fingerprint density at radius 3 is 2.68 bits per heavy atom. The van der Waals surface area contributed by atoms with Gasteiger partial charge >= 0.3 is 0 Å². The van der Waals surface area contributed by atoms with E-state index in [9.17, 15) is 0 Å². The molecule has 0 atom stereocenters. The summed E-state index contributed by atoms with van der Waals surface area (Å²) in [6.45, 7) is 0.942. The van der Waals surface area contributed by atoms with E-state index in [2.05, 4.69) is 65.3 Å². The van der Waals surface area contributed by atoms with Crippen LogP contribution in [0.2, 0.25) is 0 Å². The smallest absolute Gasteiger partial charge is 0.119 e. The van der Waals surface area contributed by atoms with E-state index in [4.69, 9.17) is 9.84 Å². The predicted molar refractivity (Wildman–Crippen MR) is 101 cm³/mol. The number of nitrogens with zero attached hydrogens (tertiary/aromatic N) is 2. The third-order valence-corrected chi connectivity index (χ3v) is 5.01. The fourth-order valence-corrected chi connectivity index (χ4v) is 3.67. The highest BCUT2D eigenvalue weighted by atomic mass is 16.5. The fraction of sp³-hybridized carbons (Fsp3) is 0.136. The van der Waals surface area contributed by atoms with Crippen LogP contribution in [0.1, 0.15) is 5.56 Å². The third-order valence-electron chi connectivity index (χ3n) is 5.01. The Kier molecular flexibility index (Phi) is 3.14. The lowest BCUT2D eigenvalue weighted by Crippen LogP contribution is -2.11. The summed E-state index contributed by atoms with van der Waals surface area (Å²) in [6.07, 6.45) is 1.04. The maximum atomic E-state index is 5.31. The Labute approximate surface area is 146 Å². The van der Waals surface area contributed by atoms with Crippen LogP contribution in [0, 0.1) is 0 Å². The molecule has 5 rings (SSSR count). The van der Waals surface area contributed by atoms with Crippen LogP contribution in [-0.4, -0.2) is 16.9 Å². The molecule has 1 aromatic heterocycles. The van der Waals surface area contributed by atoms with Gasteiger partial charge in [-0.3, -0.25) is 4.68 Å². The average Bonchev–Trinajstić information content (AvgIpc) is 3.12. The Hall–Kier alpha value is -3.07. The molecular weight excluding hydrogens is 308 g/mol. The van der Waals surface area contributed by atoms with Crippen LogP contribution in [0.15, 0.2) is 66.7 Å². The molecule has 0 amide bonds. The Morgan fingerprint density at radius 2 is 1.76 bits per heavy atom. The largest absolute Gasteiger partial charge is 0.497 e. The van der Waals surface area contributed by atoms with Crippen molar-refractivity contribution in [2.45, 2.75) is 13.0 Å². The molecule has 0 saturated carbocycles. The molecular formula is C22H18N2O. The highest BCUT2D eigenvalue weighted by molar-refractivity contribution is 5.88. The van der Waals surface area contributed by atoms with Gasteiger partial charge in [0.15, 0.2) is 0 Å². The quantitative estimate of drug-likeness (QED) is 0.522. The number of rotatable bonds is 2. The maximum Gasteiger partial charge on any atom is 0.119 e. The first-order valence-corrected chi connectivity index (χ1v) is 8.56. The fourth-order valence-electron chi connectivity index (χ4n) is 3.67. The molecule has 4 aromatic rings. The van der Waals surface area contributed by atoms with Gasteiger partial charge in [-0.25, -0.2) is 0 Å². The highest BCUT2D eigenvalue weighted by Crippen LogP contribution is 2.33. The number of benzene rings is 3. The van der Waals surface area contributed by atoms with E-state index in [1.807, 2.05) is 6.07 Å². The van der Waals surface area contributed by atoms with E-state index in [0.29, 0.717) is 0 Å². The summed E-state index contributed by atoms with van der Waals surface area (Å²) in [6, 6.07) is 23.5. The van der Waals surface area contributed by atoms with Crippen molar-refractivity contribution in [3.63, 3.8) is 0 Å². The summed E-state index contributed by atoms with van der Waals surface area (Å²) in [5, 5.41) is 7.23. The van der Waals surface area contributed by atoms with Gasteiger partial charge in [-0.2, -0.15) is 5.10 Å². The minimum absolute atomic E-state index is 0.884. The molecule has 0 N–H and O–H groups in total. The van der Waals surface area contributed by atoms with Gasteiger partial charge < -0.3 is 4.74 Å². The van der Waals surface area contributed by atoms with E-state index in [1.54, 1.807) is 7.11 Å². The van der Waals surface area contributed by atoms with Crippen molar-refractivity contribution < 1.29 is 4.74 Å². The van der Waals surface area contributed by atoms with Gasteiger partial charge in [0, 0.05) is 17.7 Å². The second kappa shape index (κ2) is 5.49. The van der Waals surface area contributed by atoms with Crippen LogP contribution in [-0.2, 0) is 13.0 Å². The van der Waals surface area contributed by atoms with Crippen molar-refractivity contribution in [1.82, 2.24) is 9.78 Å². The van der Waals surface area contributed by atoms with Crippen molar-refractivity contribution >= 4 is 10.8 Å². The number of hydrogen-bond acceptors (Lipinski definition) is 2. The van der Waals surface area contributed by atoms with E-state index < -0.39 is 0 Å². The molecule has 3 nitrogen and oxygen atoms in total. The molecule has 3 heteroatoms. The monoisotopic (exact) mass is 326 g/mol. The molecule has 0 bridgehead atoms. The number of methoxy groups -OCH3 is 1. The minimum Gasteiger partial charge on any atom is -0.497 e. The topological polar surface area (TPSA) is 27.1 Å². The lowest BCUT2D eigenvalue weighted by atomic mass is 9.98. The average molecular weight is 326 g/mol. The number of fused-ring (bicyclic) bond motifs is 4. The SMILES string of the molecule is COc1ccc2cc(-c3cc4n(n3)CCc3ccccc3-4)ccc2c1. The zero-order chi connectivity index (χ0) is 16.8. The minimum atomic E-state index is 0.884. The van der Waals surface area contributed by atoms with Crippen LogP contribution < -0.4 is 4.74 Å². The standard InChI is InChI=1S/C22H18N2O/c1-25-19-9-8-16-12-18(7-6-17(16)13-19)21-14-22-20-5-3-2-4-15(20)10-11-24(22)23-21/h2-9,12-14H,10-11H2,1H3. The lowest BCUT2D eigenvalue weighted by Gasteiger charge is -2.17. The van der Waals surface area contributed by atoms with Gasteiger partial charge in [0.25, 0.3) is 0 Å². The molecule has 25 heavy (non-hydrogen) atoms. The van der Waals surface area contributed by atoms with Crippen LogP contribution in [0.3, 0.4) is 0 Å².